The Morgan fingerprint density at radius 2 is 1.45 bits per heavy atom. The molecule has 2 atom stereocenters. The van der Waals surface area contributed by atoms with Gasteiger partial charge in [-0.1, -0.05) is 30.5 Å². The number of fused-ring (bicyclic) bond motifs is 1. The number of nitrogens with zero attached hydrogens (tertiary/aromatic N) is 1. The zero-order valence-electron chi connectivity index (χ0n) is 18.4. The summed E-state index contributed by atoms with van der Waals surface area (Å²) in [6, 6.07) is 14.4. The highest BCUT2D eigenvalue weighted by atomic mass is 16.5. The number of esters is 1. The van der Waals surface area contributed by atoms with E-state index in [2.05, 4.69) is 5.32 Å². The molecule has 8 nitrogen and oxygen atoms in total. The van der Waals surface area contributed by atoms with Crippen LogP contribution in [0.5, 0.6) is 11.5 Å². The van der Waals surface area contributed by atoms with E-state index < -0.39 is 25.0 Å². The smallest absolute Gasteiger partial charge is 0.326 e. The summed E-state index contributed by atoms with van der Waals surface area (Å²) in [5.74, 6) is -1.24. The van der Waals surface area contributed by atoms with Crippen molar-refractivity contribution in [3.05, 3.63) is 54.1 Å². The van der Waals surface area contributed by atoms with Gasteiger partial charge in [-0.05, 0) is 56.2 Å². The number of anilines is 1. The minimum absolute atomic E-state index is 0.306. The minimum Gasteiger partial charge on any atom is -0.457 e. The van der Waals surface area contributed by atoms with Gasteiger partial charge in [0.1, 0.15) is 18.0 Å². The molecule has 2 aromatic rings. The van der Waals surface area contributed by atoms with E-state index in [1.807, 2.05) is 31.2 Å². The maximum Gasteiger partial charge on any atom is 0.326 e. The van der Waals surface area contributed by atoms with Gasteiger partial charge < -0.3 is 14.8 Å². The van der Waals surface area contributed by atoms with E-state index in [0.29, 0.717) is 30.0 Å². The summed E-state index contributed by atoms with van der Waals surface area (Å²) in [6.07, 6.45) is 3.19. The minimum atomic E-state index is -0.785. The quantitative estimate of drug-likeness (QED) is 0.512. The van der Waals surface area contributed by atoms with E-state index in [1.54, 1.807) is 24.3 Å². The highest BCUT2D eigenvalue weighted by Crippen LogP contribution is 2.37. The van der Waals surface area contributed by atoms with E-state index >= 15 is 0 Å². The number of nitrogens with one attached hydrogen (secondary N) is 1. The number of hydrogen-bond donors (Lipinski definition) is 1. The number of benzene rings is 2. The summed E-state index contributed by atoms with van der Waals surface area (Å²) < 4.78 is 10.7. The number of imide groups is 1. The lowest BCUT2D eigenvalue weighted by atomic mass is 9.81. The van der Waals surface area contributed by atoms with Crippen LogP contribution in [-0.4, -0.2) is 41.7 Å². The van der Waals surface area contributed by atoms with Crippen LogP contribution < -0.4 is 10.1 Å². The van der Waals surface area contributed by atoms with Crippen molar-refractivity contribution in [3.63, 3.8) is 0 Å². The monoisotopic (exact) mass is 450 g/mol. The molecule has 1 N–H and O–H groups in total. The van der Waals surface area contributed by atoms with Crippen molar-refractivity contribution < 1.29 is 28.7 Å². The van der Waals surface area contributed by atoms with E-state index in [9.17, 15) is 19.2 Å². The van der Waals surface area contributed by atoms with Gasteiger partial charge >= 0.3 is 5.97 Å². The first-order chi connectivity index (χ1) is 15.9. The van der Waals surface area contributed by atoms with Gasteiger partial charge in [-0.2, -0.15) is 0 Å². The summed E-state index contributed by atoms with van der Waals surface area (Å²) in [4.78, 5) is 50.1. The van der Waals surface area contributed by atoms with Crippen molar-refractivity contribution >= 4 is 29.4 Å². The normalized spacial score (nSPS) is 19.7. The first kappa shape index (κ1) is 22.5. The molecule has 2 aliphatic rings. The Bertz CT molecular complexity index is 1020. The zero-order chi connectivity index (χ0) is 23.4. The Morgan fingerprint density at radius 3 is 2.03 bits per heavy atom. The molecule has 0 bridgehead atoms. The molecule has 0 radical (unpaired) electrons. The van der Waals surface area contributed by atoms with Crippen molar-refractivity contribution in [3.8, 4) is 11.5 Å². The van der Waals surface area contributed by atoms with Gasteiger partial charge in [0, 0.05) is 5.69 Å². The highest BCUT2D eigenvalue weighted by Gasteiger charge is 2.48. The highest BCUT2D eigenvalue weighted by molar-refractivity contribution is 6.07. The number of likely N-dealkylation sites (tertiary alicyclic amines) is 1. The molecule has 172 valence electrons. The van der Waals surface area contributed by atoms with Gasteiger partial charge in [-0.3, -0.25) is 24.1 Å². The van der Waals surface area contributed by atoms with Crippen molar-refractivity contribution in [1.29, 1.82) is 0 Å². The Labute approximate surface area is 191 Å². The first-order valence-electron chi connectivity index (χ1n) is 11.1. The molecule has 1 aliphatic carbocycles. The molecule has 1 heterocycles. The summed E-state index contributed by atoms with van der Waals surface area (Å²) in [5.41, 5.74) is 1.65. The van der Waals surface area contributed by atoms with Crippen molar-refractivity contribution in [2.75, 3.05) is 18.5 Å². The lowest BCUT2D eigenvalue weighted by Crippen LogP contribution is -2.37. The van der Waals surface area contributed by atoms with Crippen LogP contribution in [0.2, 0.25) is 0 Å². The van der Waals surface area contributed by atoms with Crippen LogP contribution >= 0.6 is 0 Å². The molecular formula is C25H26N2O6. The molecule has 2 unspecified atom stereocenters. The molecule has 8 heteroatoms. The molecule has 4 rings (SSSR count). The lowest BCUT2D eigenvalue weighted by Gasteiger charge is -2.19. The predicted molar refractivity (Wildman–Crippen MR) is 119 cm³/mol. The van der Waals surface area contributed by atoms with Crippen LogP contribution in [-0.2, 0) is 23.9 Å². The molecule has 1 saturated carbocycles. The van der Waals surface area contributed by atoms with Gasteiger partial charge in [0.25, 0.3) is 5.91 Å². The van der Waals surface area contributed by atoms with Crippen LogP contribution in [0.1, 0.15) is 31.2 Å². The Hall–Kier alpha value is -3.68. The average molecular weight is 450 g/mol. The molecule has 1 aliphatic heterocycles. The molecule has 33 heavy (non-hydrogen) atoms. The van der Waals surface area contributed by atoms with E-state index in [-0.39, 0.29) is 23.7 Å². The molecule has 1 saturated heterocycles. The number of ether oxygens (including phenoxy) is 2. The standard InChI is InChI=1S/C25H26N2O6/c1-16-6-10-18(11-7-16)33-19-12-8-17(9-13-19)26-22(28)15-32-23(29)14-27-24(30)20-4-2-3-5-21(20)25(27)31/h6-13,20-21H,2-5,14-15H2,1H3,(H,26,28). The number of carbonyl (C=O) groups excluding carboxylic acids is 4. The number of aryl methyl sites for hydroxylation is 1. The summed E-state index contributed by atoms with van der Waals surface area (Å²) in [5, 5.41) is 2.63. The second kappa shape index (κ2) is 9.85. The predicted octanol–water partition coefficient (Wildman–Crippen LogP) is 3.44. The number of rotatable bonds is 7. The Kier molecular flexibility index (Phi) is 6.72. The van der Waals surface area contributed by atoms with Crippen LogP contribution in [0.4, 0.5) is 5.69 Å². The van der Waals surface area contributed by atoms with Crippen molar-refractivity contribution in [2.24, 2.45) is 11.8 Å². The fourth-order valence-corrected chi connectivity index (χ4v) is 4.25. The van der Waals surface area contributed by atoms with Gasteiger partial charge in [0.05, 0.1) is 11.8 Å². The number of carbonyl (C=O) groups is 4. The van der Waals surface area contributed by atoms with Crippen molar-refractivity contribution in [1.82, 2.24) is 4.90 Å². The van der Waals surface area contributed by atoms with E-state index in [0.717, 1.165) is 23.3 Å². The first-order valence-corrected chi connectivity index (χ1v) is 11.1. The topological polar surface area (TPSA) is 102 Å². The molecule has 2 aromatic carbocycles. The van der Waals surface area contributed by atoms with Crippen LogP contribution in [0.15, 0.2) is 48.5 Å². The molecule has 2 fully saturated rings. The average Bonchev–Trinajstić information content (AvgIpc) is 3.05. The van der Waals surface area contributed by atoms with Gasteiger partial charge in [0.15, 0.2) is 6.61 Å². The third-order valence-electron chi connectivity index (χ3n) is 5.98. The Morgan fingerprint density at radius 1 is 0.909 bits per heavy atom. The largest absolute Gasteiger partial charge is 0.457 e. The van der Waals surface area contributed by atoms with Crippen LogP contribution in [0.3, 0.4) is 0 Å². The van der Waals surface area contributed by atoms with Crippen LogP contribution in [0, 0.1) is 18.8 Å². The summed E-state index contributed by atoms with van der Waals surface area (Å²) in [6.45, 7) is 1.03. The van der Waals surface area contributed by atoms with Gasteiger partial charge in [-0.25, -0.2) is 0 Å². The second-order valence-corrected chi connectivity index (χ2v) is 8.41. The van der Waals surface area contributed by atoms with E-state index in [1.165, 1.54) is 0 Å². The maximum atomic E-state index is 12.4. The third kappa shape index (κ3) is 5.39. The number of amides is 3. The zero-order valence-corrected chi connectivity index (χ0v) is 18.4. The number of hydrogen-bond acceptors (Lipinski definition) is 6. The maximum absolute atomic E-state index is 12.4. The van der Waals surface area contributed by atoms with E-state index in [4.69, 9.17) is 9.47 Å². The fourth-order valence-electron chi connectivity index (χ4n) is 4.25. The molecular weight excluding hydrogens is 424 g/mol. The molecule has 3 amide bonds. The third-order valence-corrected chi connectivity index (χ3v) is 5.98. The van der Waals surface area contributed by atoms with Gasteiger partial charge in [-0.15, -0.1) is 0 Å². The van der Waals surface area contributed by atoms with Gasteiger partial charge in [0.2, 0.25) is 11.8 Å². The summed E-state index contributed by atoms with van der Waals surface area (Å²) in [7, 11) is 0. The molecule has 0 aromatic heterocycles. The fraction of sp³-hybridized carbons (Fsp3) is 0.360. The molecule has 0 spiro atoms. The lowest BCUT2D eigenvalue weighted by molar-refractivity contribution is -0.154. The van der Waals surface area contributed by atoms with Crippen LogP contribution in [0.25, 0.3) is 0 Å². The Balaban J connectivity index is 1.23. The SMILES string of the molecule is Cc1ccc(Oc2ccc(NC(=O)COC(=O)CN3C(=O)C4CCCCC4C3=O)cc2)cc1. The summed E-state index contributed by atoms with van der Waals surface area (Å²) >= 11 is 0. The van der Waals surface area contributed by atoms with Crippen molar-refractivity contribution in [2.45, 2.75) is 32.6 Å². The second-order valence-electron chi connectivity index (χ2n) is 8.41.